The number of nitrogens with one attached hydrogen (secondary N) is 3. The minimum Gasteiger partial charge on any atom is -0.338 e. The lowest BCUT2D eigenvalue weighted by Gasteiger charge is -2.17. The summed E-state index contributed by atoms with van der Waals surface area (Å²) in [7, 11) is 0. The molecule has 1 amide bonds. The first-order chi connectivity index (χ1) is 17.9. The first kappa shape index (κ1) is 22.5. The number of carbonyl (C=O) groups is 1. The zero-order valence-electron chi connectivity index (χ0n) is 20.6. The molecule has 9 nitrogen and oxygen atoms in total. The Labute approximate surface area is 212 Å². The molecule has 0 radical (unpaired) electrons. The topological polar surface area (TPSA) is 125 Å². The molecule has 6 aromatic heterocycles. The van der Waals surface area contributed by atoms with Gasteiger partial charge < -0.3 is 10.3 Å². The number of aromatic nitrogens is 7. The van der Waals surface area contributed by atoms with Crippen molar-refractivity contribution in [2.24, 2.45) is 5.41 Å². The molecule has 37 heavy (non-hydrogen) atoms. The van der Waals surface area contributed by atoms with Gasteiger partial charge in [0.25, 0.3) is 0 Å². The summed E-state index contributed by atoms with van der Waals surface area (Å²) >= 11 is 0. The predicted octanol–water partition coefficient (Wildman–Crippen LogP) is 5.61. The largest absolute Gasteiger partial charge is 0.338 e. The number of pyridine rings is 4. The van der Waals surface area contributed by atoms with Crippen molar-refractivity contribution in [2.45, 2.75) is 20.8 Å². The Morgan fingerprint density at radius 1 is 0.892 bits per heavy atom. The van der Waals surface area contributed by atoms with Gasteiger partial charge in [0.1, 0.15) is 11.3 Å². The lowest BCUT2D eigenvalue weighted by atomic mass is 9.95. The number of rotatable bonds is 4. The maximum atomic E-state index is 12.4. The molecule has 0 saturated heterocycles. The third kappa shape index (κ3) is 4.20. The molecule has 6 aromatic rings. The number of aromatic amines is 2. The van der Waals surface area contributed by atoms with Gasteiger partial charge in [-0.1, -0.05) is 26.8 Å². The van der Waals surface area contributed by atoms with Crippen molar-refractivity contribution >= 4 is 33.5 Å². The van der Waals surface area contributed by atoms with Crippen LogP contribution in [0.2, 0.25) is 0 Å². The minimum atomic E-state index is -0.510. The molecule has 182 valence electrons. The van der Waals surface area contributed by atoms with Crippen molar-refractivity contribution < 1.29 is 4.79 Å². The number of anilines is 1. The van der Waals surface area contributed by atoms with E-state index >= 15 is 0 Å². The molecule has 6 heterocycles. The van der Waals surface area contributed by atoms with Crippen LogP contribution in [-0.4, -0.2) is 41.0 Å². The Morgan fingerprint density at radius 3 is 2.57 bits per heavy atom. The van der Waals surface area contributed by atoms with Gasteiger partial charge in [-0.15, -0.1) is 0 Å². The van der Waals surface area contributed by atoms with Crippen LogP contribution >= 0.6 is 0 Å². The van der Waals surface area contributed by atoms with Crippen LogP contribution in [0.15, 0.2) is 73.6 Å². The van der Waals surface area contributed by atoms with Crippen molar-refractivity contribution in [2.75, 3.05) is 5.32 Å². The predicted molar refractivity (Wildman–Crippen MR) is 144 cm³/mol. The number of hydrogen-bond donors (Lipinski definition) is 3. The number of hydrogen-bond acceptors (Lipinski definition) is 6. The molecule has 0 unspecified atom stereocenters. The quantitative estimate of drug-likeness (QED) is 0.296. The second-order valence-electron chi connectivity index (χ2n) is 9.90. The van der Waals surface area contributed by atoms with E-state index in [0.29, 0.717) is 5.69 Å². The van der Waals surface area contributed by atoms with Crippen molar-refractivity contribution in [1.82, 2.24) is 35.1 Å². The molecule has 0 aliphatic heterocycles. The summed E-state index contributed by atoms with van der Waals surface area (Å²) in [5.74, 6) is -0.0787. The molecule has 6 rings (SSSR count). The summed E-state index contributed by atoms with van der Waals surface area (Å²) in [6, 6.07) is 11.8. The first-order valence-corrected chi connectivity index (χ1v) is 11.9. The van der Waals surface area contributed by atoms with Crippen LogP contribution in [0.3, 0.4) is 0 Å². The SMILES string of the molecule is CC(C)(C)C(=O)Nc1cncc(-c2cc3c(-c4cc5c(-c6cccnc6)ccnc5[nH]4)n[nH]c3cn2)c1. The summed E-state index contributed by atoms with van der Waals surface area (Å²) in [6.07, 6.45) is 10.5. The highest BCUT2D eigenvalue weighted by atomic mass is 16.2. The fourth-order valence-electron chi connectivity index (χ4n) is 4.18. The maximum Gasteiger partial charge on any atom is 0.229 e. The summed E-state index contributed by atoms with van der Waals surface area (Å²) in [5.41, 5.74) is 6.87. The second kappa shape index (κ2) is 8.63. The highest BCUT2D eigenvalue weighted by molar-refractivity contribution is 6.00. The van der Waals surface area contributed by atoms with E-state index in [4.69, 9.17) is 0 Å². The van der Waals surface area contributed by atoms with Gasteiger partial charge in [0.05, 0.1) is 35.0 Å². The highest BCUT2D eigenvalue weighted by Gasteiger charge is 2.21. The molecule has 0 atom stereocenters. The lowest BCUT2D eigenvalue weighted by molar-refractivity contribution is -0.123. The monoisotopic (exact) mass is 488 g/mol. The molecule has 0 aliphatic carbocycles. The van der Waals surface area contributed by atoms with Crippen molar-refractivity contribution in [3.63, 3.8) is 0 Å². The van der Waals surface area contributed by atoms with Gasteiger partial charge in [-0.3, -0.25) is 24.8 Å². The Hall–Kier alpha value is -4.92. The Morgan fingerprint density at radius 2 is 1.76 bits per heavy atom. The van der Waals surface area contributed by atoms with Crippen LogP contribution in [-0.2, 0) is 4.79 Å². The fraction of sp³-hybridized carbons (Fsp3) is 0.143. The van der Waals surface area contributed by atoms with E-state index in [-0.39, 0.29) is 5.91 Å². The normalized spacial score (nSPS) is 11.8. The highest BCUT2D eigenvalue weighted by Crippen LogP contribution is 2.34. The maximum absolute atomic E-state index is 12.4. The van der Waals surface area contributed by atoms with E-state index in [1.165, 1.54) is 0 Å². The summed E-state index contributed by atoms with van der Waals surface area (Å²) in [6.45, 7) is 5.61. The fourth-order valence-corrected chi connectivity index (χ4v) is 4.18. The summed E-state index contributed by atoms with van der Waals surface area (Å²) in [5, 5.41) is 12.5. The van der Waals surface area contributed by atoms with Crippen molar-refractivity contribution in [3.05, 3.63) is 73.6 Å². The smallest absolute Gasteiger partial charge is 0.229 e. The van der Waals surface area contributed by atoms with E-state index in [0.717, 1.165) is 55.7 Å². The van der Waals surface area contributed by atoms with Gasteiger partial charge in [-0.05, 0) is 35.9 Å². The number of amides is 1. The second-order valence-corrected chi connectivity index (χ2v) is 9.90. The zero-order chi connectivity index (χ0) is 25.6. The molecule has 0 bridgehead atoms. The van der Waals surface area contributed by atoms with E-state index in [2.05, 4.69) is 46.5 Å². The Kier molecular flexibility index (Phi) is 5.26. The van der Waals surface area contributed by atoms with E-state index < -0.39 is 5.41 Å². The third-order valence-electron chi connectivity index (χ3n) is 6.18. The molecule has 9 heteroatoms. The minimum absolute atomic E-state index is 0.0787. The van der Waals surface area contributed by atoms with Crippen molar-refractivity contribution in [3.8, 4) is 33.8 Å². The third-order valence-corrected chi connectivity index (χ3v) is 6.18. The molecule has 0 aliphatic rings. The molecule has 0 aromatic carbocycles. The van der Waals surface area contributed by atoms with Crippen LogP contribution in [0.5, 0.6) is 0 Å². The molecule has 0 fully saturated rings. The Balaban J connectivity index is 1.40. The van der Waals surface area contributed by atoms with Crippen molar-refractivity contribution in [1.29, 1.82) is 0 Å². The molecule has 0 saturated carbocycles. The van der Waals surface area contributed by atoms with Gasteiger partial charge in [0.2, 0.25) is 5.91 Å². The molecular weight excluding hydrogens is 464 g/mol. The molecule has 3 N–H and O–H groups in total. The van der Waals surface area contributed by atoms with Crippen LogP contribution in [0.1, 0.15) is 20.8 Å². The van der Waals surface area contributed by atoms with Gasteiger partial charge in [0.15, 0.2) is 0 Å². The van der Waals surface area contributed by atoms with Crippen LogP contribution in [0.25, 0.3) is 55.7 Å². The van der Waals surface area contributed by atoms with Gasteiger partial charge in [0, 0.05) is 52.1 Å². The van der Waals surface area contributed by atoms with E-state index in [9.17, 15) is 4.79 Å². The van der Waals surface area contributed by atoms with E-state index in [1.807, 2.05) is 57.3 Å². The summed E-state index contributed by atoms with van der Waals surface area (Å²) < 4.78 is 0. The van der Waals surface area contributed by atoms with Gasteiger partial charge in [-0.25, -0.2) is 4.98 Å². The number of fused-ring (bicyclic) bond motifs is 2. The van der Waals surface area contributed by atoms with Crippen LogP contribution in [0.4, 0.5) is 5.69 Å². The van der Waals surface area contributed by atoms with Crippen LogP contribution < -0.4 is 5.32 Å². The average Bonchev–Trinajstić information content (AvgIpc) is 3.52. The summed E-state index contributed by atoms with van der Waals surface area (Å²) in [4.78, 5) is 33.5. The standard InChI is InChI=1S/C28H24N8O/c1-28(2,3)27(37)33-18-9-17(13-30-14-18)22-11-21-24(15-32-22)35-36-25(21)23-10-20-19(6-8-31-26(20)34-23)16-5-4-7-29-12-16/h4-15H,1-3H3,(H,31,34)(H,33,37)(H,35,36). The number of nitrogens with zero attached hydrogens (tertiary/aromatic N) is 5. The van der Waals surface area contributed by atoms with Gasteiger partial charge in [-0.2, -0.15) is 5.10 Å². The van der Waals surface area contributed by atoms with E-state index in [1.54, 1.807) is 31.0 Å². The zero-order valence-corrected chi connectivity index (χ0v) is 20.6. The molecular formula is C28H24N8O. The number of H-pyrrole nitrogens is 2. The lowest BCUT2D eigenvalue weighted by Crippen LogP contribution is -2.27. The van der Waals surface area contributed by atoms with Gasteiger partial charge >= 0.3 is 0 Å². The first-order valence-electron chi connectivity index (χ1n) is 11.9. The average molecular weight is 489 g/mol. The number of carbonyl (C=O) groups excluding carboxylic acids is 1. The Bertz CT molecular complexity index is 1760. The molecule has 0 spiro atoms. The van der Waals surface area contributed by atoms with Crippen LogP contribution in [0, 0.1) is 5.41 Å².